The second-order valence-corrected chi connectivity index (χ2v) is 8.26. The van der Waals surface area contributed by atoms with Gasteiger partial charge in [-0.05, 0) is 45.7 Å². The Balaban J connectivity index is 2.98. The number of hydrogen-bond donors (Lipinski definition) is 1. The maximum Gasteiger partial charge on any atom is 0.307 e. The Labute approximate surface area is 142 Å². The average molecular weight is 365 g/mol. The average Bonchev–Trinajstić information content (AvgIpc) is 2.43. The third-order valence-electron chi connectivity index (χ3n) is 3.10. The van der Waals surface area contributed by atoms with E-state index in [0.717, 1.165) is 6.07 Å². The van der Waals surface area contributed by atoms with Crippen LogP contribution in [0.1, 0.15) is 39.7 Å². The van der Waals surface area contributed by atoms with Crippen LogP contribution >= 0.6 is 0 Å². The molecule has 0 aliphatic carbocycles. The molecule has 2 atom stereocenters. The zero-order valence-corrected chi connectivity index (χ0v) is 14.9. The Kier molecular flexibility index (Phi) is 7.41. The van der Waals surface area contributed by atoms with E-state index in [1.165, 1.54) is 0 Å². The molecule has 8 heteroatoms. The van der Waals surface area contributed by atoms with Gasteiger partial charge in [-0.2, -0.15) is 0 Å². The van der Waals surface area contributed by atoms with Crippen molar-refractivity contribution in [1.82, 2.24) is 4.72 Å². The fourth-order valence-electron chi connectivity index (χ4n) is 1.89. The summed E-state index contributed by atoms with van der Waals surface area (Å²) >= 11 is 0. The molecule has 0 fully saturated rings. The number of carbonyl (C=O) groups is 1. The third kappa shape index (κ3) is 6.24. The highest BCUT2D eigenvalue weighted by Crippen LogP contribution is 2.18. The molecule has 1 rings (SSSR count). The molecule has 4 nitrogen and oxygen atoms in total. The molecule has 0 aliphatic heterocycles. The van der Waals surface area contributed by atoms with Crippen molar-refractivity contribution in [3.63, 3.8) is 0 Å². The van der Waals surface area contributed by atoms with Crippen LogP contribution in [-0.2, 0) is 26.9 Å². The molecule has 1 aromatic carbocycles. The molecule has 0 bridgehead atoms. The van der Waals surface area contributed by atoms with Crippen LogP contribution in [0.25, 0.3) is 0 Å². The van der Waals surface area contributed by atoms with Crippen molar-refractivity contribution in [1.29, 1.82) is 0 Å². The summed E-state index contributed by atoms with van der Waals surface area (Å²) in [6, 6.07) is 0.445. The highest BCUT2D eigenvalue weighted by Gasteiger charge is 2.26. The summed E-state index contributed by atoms with van der Waals surface area (Å²) in [5.74, 6) is -3.95. The highest BCUT2D eigenvalue weighted by molar-refractivity contribution is 7.84. The van der Waals surface area contributed by atoms with Crippen LogP contribution in [-0.4, -0.2) is 27.6 Å². The molecule has 0 amide bonds. The normalized spacial score (nSPS) is 14.3. The maximum absolute atomic E-state index is 13.8. The predicted octanol–water partition coefficient (Wildman–Crippen LogP) is 3.02. The lowest BCUT2D eigenvalue weighted by Gasteiger charge is -2.24. The summed E-state index contributed by atoms with van der Waals surface area (Å²) in [5, 5.41) is 0. The summed E-state index contributed by atoms with van der Waals surface area (Å²) < 4.78 is 59.4. The molecule has 0 aliphatic rings. The number of halogens is 3. The minimum Gasteiger partial charge on any atom is -0.466 e. The van der Waals surface area contributed by atoms with Crippen molar-refractivity contribution < 1.29 is 26.9 Å². The van der Waals surface area contributed by atoms with Crippen LogP contribution in [0.15, 0.2) is 12.1 Å². The van der Waals surface area contributed by atoms with Crippen LogP contribution in [0.3, 0.4) is 0 Å². The van der Waals surface area contributed by atoms with Crippen LogP contribution in [0.4, 0.5) is 13.2 Å². The molecule has 1 N–H and O–H groups in total. The summed E-state index contributed by atoms with van der Waals surface area (Å²) in [4.78, 5) is 11.7. The van der Waals surface area contributed by atoms with Crippen LogP contribution < -0.4 is 4.72 Å². The first kappa shape index (κ1) is 20.6. The Morgan fingerprint density at radius 1 is 1.21 bits per heavy atom. The first-order valence-corrected chi connectivity index (χ1v) is 8.66. The fourth-order valence-corrected chi connectivity index (χ4v) is 2.71. The first-order chi connectivity index (χ1) is 11.0. The zero-order chi connectivity index (χ0) is 18.5. The quantitative estimate of drug-likeness (QED) is 0.597. The van der Waals surface area contributed by atoms with E-state index in [4.69, 9.17) is 4.74 Å². The molecule has 0 saturated heterocycles. The summed E-state index contributed by atoms with van der Waals surface area (Å²) in [7, 11) is -1.53. The van der Waals surface area contributed by atoms with Crippen molar-refractivity contribution >= 4 is 17.0 Å². The van der Waals surface area contributed by atoms with E-state index in [1.54, 1.807) is 27.7 Å². The monoisotopic (exact) mass is 365 g/mol. The number of benzene rings is 1. The van der Waals surface area contributed by atoms with Gasteiger partial charge in [0, 0.05) is 12.1 Å². The summed E-state index contributed by atoms with van der Waals surface area (Å²) in [6.07, 6.45) is -0.308. The smallest absolute Gasteiger partial charge is 0.307 e. The van der Waals surface area contributed by atoms with Crippen molar-refractivity contribution in [2.75, 3.05) is 6.61 Å². The van der Waals surface area contributed by atoms with Crippen molar-refractivity contribution in [3.8, 4) is 0 Å². The van der Waals surface area contributed by atoms with Crippen LogP contribution in [0.2, 0.25) is 0 Å². The van der Waals surface area contributed by atoms with Gasteiger partial charge in [-0.1, -0.05) is 0 Å². The zero-order valence-electron chi connectivity index (χ0n) is 14.1. The Morgan fingerprint density at radius 2 is 1.79 bits per heavy atom. The lowest BCUT2D eigenvalue weighted by Crippen LogP contribution is -2.42. The van der Waals surface area contributed by atoms with Crippen molar-refractivity contribution in [2.24, 2.45) is 0 Å². The minimum atomic E-state index is -1.53. The van der Waals surface area contributed by atoms with E-state index < -0.39 is 45.2 Å². The molecule has 136 valence electrons. The highest BCUT2D eigenvalue weighted by atomic mass is 32.2. The fraction of sp³-hybridized carbons (Fsp3) is 0.562. The van der Waals surface area contributed by atoms with Gasteiger partial charge in [0.15, 0.2) is 11.6 Å². The van der Waals surface area contributed by atoms with E-state index in [0.29, 0.717) is 6.07 Å². The van der Waals surface area contributed by atoms with Gasteiger partial charge >= 0.3 is 5.97 Å². The number of ether oxygens (including phenoxy) is 1. The number of carbonyl (C=O) groups excluding carboxylic acids is 1. The van der Waals surface area contributed by atoms with Crippen LogP contribution in [0.5, 0.6) is 0 Å². The Morgan fingerprint density at radius 3 is 2.33 bits per heavy atom. The van der Waals surface area contributed by atoms with Gasteiger partial charge < -0.3 is 4.74 Å². The number of hydrogen-bond acceptors (Lipinski definition) is 3. The van der Waals surface area contributed by atoms with Crippen LogP contribution in [0, 0.1) is 17.5 Å². The molecular weight excluding hydrogens is 343 g/mol. The third-order valence-corrected chi connectivity index (χ3v) is 4.76. The van der Waals surface area contributed by atoms with Gasteiger partial charge in [0.05, 0.1) is 28.8 Å². The van der Waals surface area contributed by atoms with Gasteiger partial charge in [0.1, 0.15) is 5.82 Å². The lowest BCUT2D eigenvalue weighted by molar-refractivity contribution is -0.143. The molecule has 24 heavy (non-hydrogen) atoms. The standard InChI is InChI=1S/C16H22F3NO3S/c1-5-23-15(21)8-11(20-24(22)16(2,3)4)6-10-7-13(18)14(19)9-12(10)17/h7,9,11,20H,5-6,8H2,1-4H3/t11-,24?/m1/s1. The van der Waals surface area contributed by atoms with E-state index >= 15 is 0 Å². The molecule has 0 aromatic heterocycles. The molecule has 0 radical (unpaired) electrons. The number of rotatable bonds is 7. The van der Waals surface area contributed by atoms with E-state index in [-0.39, 0.29) is 25.0 Å². The SMILES string of the molecule is CCOC(=O)C[C@@H](Cc1cc(F)c(F)cc1F)NS(=O)C(C)(C)C. The van der Waals surface area contributed by atoms with Crippen molar-refractivity contribution in [3.05, 3.63) is 35.1 Å². The summed E-state index contributed by atoms with van der Waals surface area (Å²) in [6.45, 7) is 7.01. The van der Waals surface area contributed by atoms with E-state index in [2.05, 4.69) is 4.72 Å². The molecule has 0 heterocycles. The van der Waals surface area contributed by atoms with Gasteiger partial charge in [-0.15, -0.1) is 0 Å². The Hall–Kier alpha value is -1.41. The van der Waals surface area contributed by atoms with Crippen molar-refractivity contribution in [2.45, 2.75) is 51.3 Å². The number of esters is 1. The van der Waals surface area contributed by atoms with Gasteiger partial charge in [0.25, 0.3) is 0 Å². The van der Waals surface area contributed by atoms with Gasteiger partial charge in [-0.3, -0.25) is 4.79 Å². The second-order valence-electron chi connectivity index (χ2n) is 6.27. The lowest BCUT2D eigenvalue weighted by atomic mass is 10.0. The van der Waals surface area contributed by atoms with E-state index in [1.807, 2.05) is 0 Å². The minimum absolute atomic E-state index is 0.110. The first-order valence-electron chi connectivity index (χ1n) is 7.51. The topological polar surface area (TPSA) is 55.4 Å². The molecular formula is C16H22F3NO3S. The largest absolute Gasteiger partial charge is 0.466 e. The predicted molar refractivity (Wildman–Crippen MR) is 86.1 cm³/mol. The Bertz CT molecular complexity index is 617. The van der Waals surface area contributed by atoms with Gasteiger partial charge in [-0.25, -0.2) is 22.1 Å². The van der Waals surface area contributed by atoms with Gasteiger partial charge in [0.2, 0.25) is 0 Å². The number of nitrogens with one attached hydrogen (secondary N) is 1. The molecule has 1 aromatic rings. The molecule has 0 saturated carbocycles. The molecule has 1 unspecified atom stereocenters. The van der Waals surface area contributed by atoms with E-state index in [9.17, 15) is 22.2 Å². The summed E-state index contributed by atoms with van der Waals surface area (Å²) in [5.41, 5.74) is -0.110. The molecule has 0 spiro atoms. The maximum atomic E-state index is 13.8. The second kappa shape index (κ2) is 8.62.